The van der Waals surface area contributed by atoms with E-state index in [-0.39, 0.29) is 12.5 Å². The maximum Gasteiger partial charge on any atom is 0.311 e. The van der Waals surface area contributed by atoms with Crippen molar-refractivity contribution in [2.45, 2.75) is 45.4 Å². The van der Waals surface area contributed by atoms with Crippen molar-refractivity contribution in [1.29, 1.82) is 0 Å². The Hall–Kier alpha value is -1.36. The molecule has 1 aromatic heterocycles. The van der Waals surface area contributed by atoms with Gasteiger partial charge in [-0.2, -0.15) is 0 Å². The minimum absolute atomic E-state index is 0.116. The summed E-state index contributed by atoms with van der Waals surface area (Å²) >= 11 is 1.57. The quantitative estimate of drug-likeness (QED) is 0.899. The highest BCUT2D eigenvalue weighted by Gasteiger charge is 2.44. The topological polar surface area (TPSA) is 66.4 Å². The zero-order valence-corrected chi connectivity index (χ0v) is 13.1. The number of hydrogen-bond donors (Lipinski definition) is 2. The Kier molecular flexibility index (Phi) is 3.78. The van der Waals surface area contributed by atoms with Crippen molar-refractivity contribution in [1.82, 2.24) is 5.32 Å². The average Bonchev–Trinajstić information content (AvgIpc) is 2.79. The summed E-state index contributed by atoms with van der Waals surface area (Å²) < 4.78 is 0. The second kappa shape index (κ2) is 5.44. The number of fused-ring (bicyclic) bond motifs is 1. The second-order valence-corrected chi connectivity index (χ2v) is 7.67. The van der Waals surface area contributed by atoms with Gasteiger partial charge >= 0.3 is 5.97 Å². The summed E-state index contributed by atoms with van der Waals surface area (Å²) in [5.74, 6) is -0.212. The molecule has 3 rings (SSSR count). The van der Waals surface area contributed by atoms with E-state index in [0.717, 1.165) is 24.1 Å². The number of aliphatic carboxylic acids is 1. The highest BCUT2D eigenvalue weighted by atomic mass is 32.1. The van der Waals surface area contributed by atoms with Crippen LogP contribution in [0.3, 0.4) is 0 Å². The van der Waals surface area contributed by atoms with Crippen LogP contribution in [0.5, 0.6) is 0 Å². The van der Waals surface area contributed by atoms with Crippen LogP contribution in [0, 0.1) is 11.3 Å². The number of amides is 1. The van der Waals surface area contributed by atoms with Gasteiger partial charge in [-0.3, -0.25) is 9.59 Å². The predicted molar refractivity (Wildman–Crippen MR) is 81.8 cm³/mol. The molecule has 1 atom stereocenters. The Bertz CT molecular complexity index is 574. The lowest BCUT2D eigenvalue weighted by atomic mass is 9.69. The molecule has 2 aliphatic carbocycles. The van der Waals surface area contributed by atoms with Gasteiger partial charge < -0.3 is 10.4 Å². The highest BCUT2D eigenvalue weighted by Crippen LogP contribution is 2.40. The number of carbonyl (C=O) groups is 2. The third kappa shape index (κ3) is 2.71. The van der Waals surface area contributed by atoms with Gasteiger partial charge in [0.15, 0.2) is 0 Å². The number of carboxylic acids is 1. The number of hydrogen-bond acceptors (Lipinski definition) is 3. The minimum Gasteiger partial charge on any atom is -0.481 e. The first-order chi connectivity index (χ1) is 10.00. The van der Waals surface area contributed by atoms with Crippen molar-refractivity contribution >= 4 is 23.2 Å². The summed E-state index contributed by atoms with van der Waals surface area (Å²) in [6, 6.07) is 2.00. The van der Waals surface area contributed by atoms with Gasteiger partial charge in [-0.15, -0.1) is 11.3 Å². The van der Waals surface area contributed by atoms with E-state index in [0.29, 0.717) is 18.8 Å². The normalized spacial score (nSPS) is 23.0. The number of carbonyl (C=O) groups excluding carboxylic acids is 1. The number of aryl methyl sites for hydroxylation is 1. The smallest absolute Gasteiger partial charge is 0.311 e. The summed E-state index contributed by atoms with van der Waals surface area (Å²) in [4.78, 5) is 25.6. The van der Waals surface area contributed by atoms with Gasteiger partial charge in [0, 0.05) is 11.4 Å². The van der Waals surface area contributed by atoms with E-state index in [1.165, 1.54) is 16.9 Å². The molecule has 1 aromatic rings. The number of nitrogens with one attached hydrogen (secondary N) is 1. The average molecular weight is 307 g/mol. The Balaban J connectivity index is 1.65. The molecule has 1 saturated carbocycles. The monoisotopic (exact) mass is 307 g/mol. The van der Waals surface area contributed by atoms with Crippen LogP contribution in [0.4, 0.5) is 0 Å². The first-order valence-electron chi connectivity index (χ1n) is 7.63. The van der Waals surface area contributed by atoms with Crippen LogP contribution in [-0.4, -0.2) is 23.5 Å². The zero-order chi connectivity index (χ0) is 15.0. The zero-order valence-electron chi connectivity index (χ0n) is 12.3. The van der Waals surface area contributed by atoms with Gasteiger partial charge in [-0.05, 0) is 49.7 Å². The Morgan fingerprint density at radius 3 is 2.86 bits per heavy atom. The van der Waals surface area contributed by atoms with Crippen molar-refractivity contribution in [3.63, 3.8) is 0 Å². The fraction of sp³-hybridized carbons (Fsp3) is 0.625. The molecule has 0 bridgehead atoms. The largest absolute Gasteiger partial charge is 0.481 e. The SMILES string of the molecule is CC1CCc2sc(C(=O)NCC3(C(=O)O)CCC3)cc2C1. The fourth-order valence-electron chi connectivity index (χ4n) is 3.22. The molecule has 0 aliphatic heterocycles. The van der Waals surface area contributed by atoms with Crippen LogP contribution >= 0.6 is 11.3 Å². The van der Waals surface area contributed by atoms with Crippen LogP contribution in [0.1, 0.15) is 52.7 Å². The van der Waals surface area contributed by atoms with Crippen LogP contribution < -0.4 is 5.32 Å². The van der Waals surface area contributed by atoms with Gasteiger partial charge in [-0.25, -0.2) is 0 Å². The van der Waals surface area contributed by atoms with Crippen LogP contribution in [0.2, 0.25) is 0 Å². The van der Waals surface area contributed by atoms with Crippen molar-refractivity contribution in [3.8, 4) is 0 Å². The van der Waals surface area contributed by atoms with Crippen molar-refractivity contribution in [2.24, 2.45) is 11.3 Å². The van der Waals surface area contributed by atoms with Gasteiger partial charge in [0.2, 0.25) is 0 Å². The number of carboxylic acid groups (broad SMARTS) is 1. The van der Waals surface area contributed by atoms with E-state index in [1.54, 1.807) is 11.3 Å². The van der Waals surface area contributed by atoms with E-state index >= 15 is 0 Å². The van der Waals surface area contributed by atoms with Crippen LogP contribution in [0.15, 0.2) is 6.07 Å². The second-order valence-electron chi connectivity index (χ2n) is 6.53. The van der Waals surface area contributed by atoms with Crippen molar-refractivity contribution in [2.75, 3.05) is 6.54 Å². The molecule has 0 radical (unpaired) electrons. The van der Waals surface area contributed by atoms with Gasteiger partial charge in [0.25, 0.3) is 5.91 Å². The van der Waals surface area contributed by atoms with E-state index in [1.807, 2.05) is 6.07 Å². The molecule has 0 spiro atoms. The molecule has 1 unspecified atom stereocenters. The lowest BCUT2D eigenvalue weighted by Gasteiger charge is -2.37. The predicted octanol–water partition coefficient (Wildman–Crippen LogP) is 2.86. The van der Waals surface area contributed by atoms with E-state index in [4.69, 9.17) is 0 Å². The molecule has 5 heteroatoms. The lowest BCUT2D eigenvalue weighted by Crippen LogP contribution is -2.47. The number of rotatable bonds is 4. The molecular formula is C16H21NO3S. The molecule has 21 heavy (non-hydrogen) atoms. The van der Waals surface area contributed by atoms with Gasteiger partial charge in [-0.1, -0.05) is 13.3 Å². The maximum atomic E-state index is 12.3. The van der Waals surface area contributed by atoms with Crippen LogP contribution in [-0.2, 0) is 17.6 Å². The molecule has 2 N–H and O–H groups in total. The Morgan fingerprint density at radius 1 is 1.48 bits per heavy atom. The standard InChI is InChI=1S/C16H21NO3S/c1-10-3-4-12-11(7-10)8-13(21-12)14(18)17-9-16(15(19)20)5-2-6-16/h8,10H,2-7,9H2,1H3,(H,17,18)(H,19,20). The molecule has 1 amide bonds. The molecule has 1 fully saturated rings. The molecular weight excluding hydrogens is 286 g/mol. The molecule has 0 saturated heterocycles. The van der Waals surface area contributed by atoms with Crippen molar-refractivity contribution in [3.05, 3.63) is 21.4 Å². The third-order valence-corrected chi connectivity index (χ3v) is 6.14. The molecule has 2 aliphatic rings. The summed E-state index contributed by atoms with van der Waals surface area (Å²) in [7, 11) is 0. The summed E-state index contributed by atoms with van der Waals surface area (Å²) in [6.45, 7) is 2.49. The molecule has 1 heterocycles. The number of thiophene rings is 1. The maximum absolute atomic E-state index is 12.3. The van der Waals surface area contributed by atoms with Gasteiger partial charge in [0.1, 0.15) is 0 Å². The minimum atomic E-state index is -0.784. The van der Waals surface area contributed by atoms with Crippen LogP contribution in [0.25, 0.3) is 0 Å². The first kappa shape index (κ1) is 14.6. The Morgan fingerprint density at radius 2 is 2.24 bits per heavy atom. The first-order valence-corrected chi connectivity index (χ1v) is 8.45. The molecule has 114 valence electrons. The highest BCUT2D eigenvalue weighted by molar-refractivity contribution is 7.14. The van der Waals surface area contributed by atoms with Gasteiger partial charge in [0.05, 0.1) is 10.3 Å². The summed E-state index contributed by atoms with van der Waals surface area (Å²) in [5, 5.41) is 12.1. The van der Waals surface area contributed by atoms with E-state index in [9.17, 15) is 14.7 Å². The summed E-state index contributed by atoms with van der Waals surface area (Å²) in [5.41, 5.74) is 0.585. The lowest BCUT2D eigenvalue weighted by molar-refractivity contribution is -0.153. The fourth-order valence-corrected chi connectivity index (χ4v) is 4.35. The van der Waals surface area contributed by atoms with E-state index in [2.05, 4.69) is 12.2 Å². The Labute approximate surface area is 128 Å². The van der Waals surface area contributed by atoms with E-state index < -0.39 is 11.4 Å². The molecule has 0 aromatic carbocycles. The third-order valence-electron chi connectivity index (χ3n) is 4.90. The summed E-state index contributed by atoms with van der Waals surface area (Å²) in [6.07, 6.45) is 5.58. The molecule has 4 nitrogen and oxygen atoms in total. The van der Waals surface area contributed by atoms with Crippen molar-refractivity contribution < 1.29 is 14.7 Å².